The Labute approximate surface area is 137 Å². The lowest BCUT2D eigenvalue weighted by Gasteiger charge is -2.00. The number of nitro groups is 1. The Morgan fingerprint density at radius 1 is 1.00 bits per heavy atom. The lowest BCUT2D eigenvalue weighted by molar-refractivity contribution is -0.384. The van der Waals surface area contributed by atoms with Gasteiger partial charge >= 0.3 is 0 Å². The summed E-state index contributed by atoms with van der Waals surface area (Å²) in [6.07, 6.45) is 3.70. The van der Waals surface area contributed by atoms with Gasteiger partial charge in [-0.15, -0.1) is 0 Å². The molecule has 0 saturated heterocycles. The maximum Gasteiger partial charge on any atom is 0.271 e. The predicted octanol–water partition coefficient (Wildman–Crippen LogP) is 5.06. The van der Waals surface area contributed by atoms with Gasteiger partial charge in [0.1, 0.15) is 5.52 Å². The Morgan fingerprint density at radius 3 is 2.71 bits per heavy atom. The minimum absolute atomic E-state index is 0.000355. The van der Waals surface area contributed by atoms with Crippen LogP contribution in [0.2, 0.25) is 0 Å². The van der Waals surface area contributed by atoms with Gasteiger partial charge in [0.25, 0.3) is 5.69 Å². The molecule has 5 nitrogen and oxygen atoms in total. The monoisotopic (exact) mass is 316 g/mol. The van der Waals surface area contributed by atoms with Crippen LogP contribution in [-0.2, 0) is 0 Å². The van der Waals surface area contributed by atoms with Crippen LogP contribution < -0.4 is 0 Å². The number of rotatable bonds is 3. The number of hydrogen-bond acceptors (Lipinski definition) is 4. The highest BCUT2D eigenvalue weighted by atomic mass is 16.6. The molecule has 24 heavy (non-hydrogen) atoms. The third-order valence-electron chi connectivity index (χ3n) is 3.83. The molecule has 0 aliphatic heterocycles. The summed E-state index contributed by atoms with van der Waals surface area (Å²) in [5, 5.41) is 13.1. The first kappa shape index (κ1) is 14.1. The highest BCUT2D eigenvalue weighted by Gasteiger charge is 2.10. The summed E-state index contributed by atoms with van der Waals surface area (Å²) < 4.78 is 5.62. The Bertz CT molecular complexity index is 1090. The van der Waals surface area contributed by atoms with Crippen molar-refractivity contribution in [3.63, 3.8) is 0 Å². The van der Waals surface area contributed by atoms with E-state index in [9.17, 15) is 10.1 Å². The van der Waals surface area contributed by atoms with Crippen molar-refractivity contribution in [2.75, 3.05) is 0 Å². The number of nitrogens with zero attached hydrogens (tertiary/aromatic N) is 2. The lowest BCUT2D eigenvalue weighted by atomic mass is 10.0. The number of oxazole rings is 1. The molecule has 0 aliphatic carbocycles. The molecular weight excluding hydrogens is 304 g/mol. The van der Waals surface area contributed by atoms with Gasteiger partial charge < -0.3 is 4.42 Å². The summed E-state index contributed by atoms with van der Waals surface area (Å²) in [5.41, 5.74) is 2.06. The number of benzene rings is 3. The first-order valence-corrected chi connectivity index (χ1v) is 7.41. The normalized spacial score (nSPS) is 11.5. The zero-order valence-corrected chi connectivity index (χ0v) is 12.5. The lowest BCUT2D eigenvalue weighted by Crippen LogP contribution is -1.86. The van der Waals surface area contributed by atoms with Crippen molar-refractivity contribution in [2.24, 2.45) is 0 Å². The Morgan fingerprint density at radius 2 is 1.83 bits per heavy atom. The fraction of sp³-hybridized carbons (Fsp3) is 0. The molecule has 0 bridgehead atoms. The Kier molecular flexibility index (Phi) is 3.31. The van der Waals surface area contributed by atoms with E-state index in [4.69, 9.17) is 4.42 Å². The van der Waals surface area contributed by atoms with Gasteiger partial charge in [0.15, 0.2) is 5.58 Å². The summed E-state index contributed by atoms with van der Waals surface area (Å²) in [7, 11) is 0. The van der Waals surface area contributed by atoms with E-state index < -0.39 is 4.92 Å². The molecule has 3 aromatic carbocycles. The summed E-state index contributed by atoms with van der Waals surface area (Å²) in [5.74, 6) is 0.415. The van der Waals surface area contributed by atoms with E-state index in [2.05, 4.69) is 23.2 Å². The second kappa shape index (κ2) is 5.62. The highest BCUT2D eigenvalue weighted by Crippen LogP contribution is 2.24. The van der Waals surface area contributed by atoms with Gasteiger partial charge in [0.05, 0.1) is 4.92 Å². The molecule has 0 atom stereocenters. The van der Waals surface area contributed by atoms with Crippen LogP contribution in [0.5, 0.6) is 0 Å². The minimum Gasteiger partial charge on any atom is -0.437 e. The van der Waals surface area contributed by atoms with Crippen molar-refractivity contribution in [2.45, 2.75) is 0 Å². The first-order chi connectivity index (χ1) is 11.7. The topological polar surface area (TPSA) is 69.2 Å². The second-order valence-corrected chi connectivity index (χ2v) is 5.36. The van der Waals surface area contributed by atoms with E-state index in [1.807, 2.05) is 30.3 Å². The van der Waals surface area contributed by atoms with Crippen LogP contribution >= 0.6 is 0 Å². The molecule has 0 N–H and O–H groups in total. The van der Waals surface area contributed by atoms with Crippen LogP contribution in [0.3, 0.4) is 0 Å². The number of fused-ring (bicyclic) bond motifs is 2. The molecule has 4 aromatic rings. The van der Waals surface area contributed by atoms with E-state index in [0.29, 0.717) is 17.0 Å². The van der Waals surface area contributed by atoms with Crippen LogP contribution in [0.25, 0.3) is 34.0 Å². The second-order valence-electron chi connectivity index (χ2n) is 5.36. The number of aromatic nitrogens is 1. The molecular formula is C19H12N2O3. The number of hydrogen-bond donors (Lipinski definition) is 0. The summed E-state index contributed by atoms with van der Waals surface area (Å²) in [4.78, 5) is 14.7. The van der Waals surface area contributed by atoms with Crippen LogP contribution in [0, 0.1) is 10.1 Å². The standard InChI is InChI=1S/C19H12N2O3/c22-21(23)15-9-10-18-17(12-15)20-19(24-18)11-8-14-6-3-5-13-4-1-2-7-16(13)14/h1-12H/b11-8+. The predicted molar refractivity (Wildman–Crippen MR) is 93.5 cm³/mol. The zero-order chi connectivity index (χ0) is 16.5. The molecule has 0 aliphatic rings. The van der Waals surface area contributed by atoms with Gasteiger partial charge in [-0.3, -0.25) is 10.1 Å². The zero-order valence-electron chi connectivity index (χ0n) is 12.5. The first-order valence-electron chi connectivity index (χ1n) is 7.41. The van der Waals surface area contributed by atoms with E-state index >= 15 is 0 Å². The average Bonchev–Trinajstić information content (AvgIpc) is 3.01. The van der Waals surface area contributed by atoms with Crippen LogP contribution in [0.1, 0.15) is 11.5 Å². The maximum atomic E-state index is 10.8. The maximum absolute atomic E-state index is 10.8. The number of non-ortho nitro benzene ring substituents is 1. The van der Waals surface area contributed by atoms with Crippen molar-refractivity contribution in [3.05, 3.63) is 82.2 Å². The smallest absolute Gasteiger partial charge is 0.271 e. The summed E-state index contributed by atoms with van der Waals surface area (Å²) in [6, 6.07) is 18.6. The molecule has 4 rings (SSSR count). The van der Waals surface area contributed by atoms with Crippen LogP contribution in [0.4, 0.5) is 5.69 Å². The Balaban J connectivity index is 1.72. The summed E-state index contributed by atoms with van der Waals surface area (Å²) in [6.45, 7) is 0. The fourth-order valence-corrected chi connectivity index (χ4v) is 2.68. The van der Waals surface area contributed by atoms with Gasteiger partial charge in [-0.25, -0.2) is 4.98 Å². The van der Waals surface area contributed by atoms with E-state index in [1.54, 1.807) is 12.1 Å². The van der Waals surface area contributed by atoms with Gasteiger partial charge in [-0.1, -0.05) is 42.5 Å². The molecule has 0 amide bonds. The molecule has 0 spiro atoms. The molecule has 0 fully saturated rings. The van der Waals surface area contributed by atoms with Crippen LogP contribution in [-0.4, -0.2) is 9.91 Å². The number of nitro benzene ring substituents is 1. The van der Waals surface area contributed by atoms with Crippen molar-refractivity contribution in [1.29, 1.82) is 0 Å². The molecule has 1 heterocycles. The van der Waals surface area contributed by atoms with Crippen molar-refractivity contribution >= 4 is 39.7 Å². The largest absolute Gasteiger partial charge is 0.437 e. The molecule has 0 unspecified atom stereocenters. The average molecular weight is 316 g/mol. The van der Waals surface area contributed by atoms with Crippen molar-refractivity contribution < 1.29 is 9.34 Å². The molecule has 5 heteroatoms. The van der Waals surface area contributed by atoms with Crippen molar-refractivity contribution in [3.8, 4) is 0 Å². The van der Waals surface area contributed by atoms with Gasteiger partial charge in [-0.05, 0) is 28.5 Å². The molecule has 1 aromatic heterocycles. The quantitative estimate of drug-likeness (QED) is 0.391. The molecule has 0 saturated carbocycles. The van der Waals surface area contributed by atoms with Crippen LogP contribution in [0.15, 0.2) is 65.1 Å². The van der Waals surface area contributed by atoms with Crippen molar-refractivity contribution in [1.82, 2.24) is 4.98 Å². The van der Waals surface area contributed by atoms with E-state index in [1.165, 1.54) is 12.1 Å². The summed E-state index contributed by atoms with van der Waals surface area (Å²) >= 11 is 0. The third-order valence-corrected chi connectivity index (χ3v) is 3.83. The van der Waals surface area contributed by atoms with Gasteiger partial charge in [-0.2, -0.15) is 0 Å². The van der Waals surface area contributed by atoms with Gasteiger partial charge in [0, 0.05) is 18.2 Å². The molecule has 116 valence electrons. The minimum atomic E-state index is -0.445. The van der Waals surface area contributed by atoms with E-state index in [-0.39, 0.29) is 5.69 Å². The van der Waals surface area contributed by atoms with Gasteiger partial charge in [0.2, 0.25) is 5.89 Å². The third kappa shape index (κ3) is 2.52. The fourth-order valence-electron chi connectivity index (χ4n) is 2.68. The SMILES string of the molecule is O=[N+]([O-])c1ccc2oc(/C=C/c3cccc4ccccc34)nc2c1. The molecule has 0 radical (unpaired) electrons. The Hall–Kier alpha value is -3.47. The highest BCUT2D eigenvalue weighted by molar-refractivity contribution is 5.92. The van der Waals surface area contributed by atoms with E-state index in [0.717, 1.165) is 16.3 Å².